The second-order valence-electron chi connectivity index (χ2n) is 6.02. The number of hydrogen-bond donors (Lipinski definition) is 2. The molecule has 21 heavy (non-hydrogen) atoms. The van der Waals surface area contributed by atoms with Gasteiger partial charge in [0.15, 0.2) is 0 Å². The molecule has 110 valence electrons. The first-order chi connectivity index (χ1) is 9.90. The average molecular weight is 286 g/mol. The molecule has 1 aliphatic heterocycles. The predicted octanol–water partition coefficient (Wildman–Crippen LogP) is 1.37. The van der Waals surface area contributed by atoms with Gasteiger partial charge in [0.1, 0.15) is 11.3 Å². The zero-order valence-electron chi connectivity index (χ0n) is 12.1. The smallest absolute Gasteiger partial charge is 0.270 e. The zero-order chi connectivity index (χ0) is 15.2. The van der Waals surface area contributed by atoms with E-state index in [2.05, 4.69) is 4.98 Å². The largest absolute Gasteiger partial charge is 0.386 e. The van der Waals surface area contributed by atoms with Gasteiger partial charge in [-0.25, -0.2) is 0 Å². The number of pyridine rings is 1. The number of aliphatic hydroxyl groups is 1. The van der Waals surface area contributed by atoms with Crippen molar-refractivity contribution in [2.24, 2.45) is 5.92 Å². The van der Waals surface area contributed by atoms with E-state index in [0.717, 1.165) is 5.39 Å². The van der Waals surface area contributed by atoms with Crippen molar-refractivity contribution in [1.82, 2.24) is 9.88 Å². The minimum atomic E-state index is -0.813. The molecule has 2 aromatic rings. The summed E-state index contributed by atoms with van der Waals surface area (Å²) in [5.74, 6) is -0.152. The first-order valence-electron chi connectivity index (χ1n) is 7.04. The summed E-state index contributed by atoms with van der Waals surface area (Å²) >= 11 is 0. The molecular weight excluding hydrogens is 268 g/mol. The van der Waals surface area contributed by atoms with Crippen molar-refractivity contribution < 1.29 is 9.90 Å². The van der Waals surface area contributed by atoms with Crippen molar-refractivity contribution in [1.29, 1.82) is 0 Å². The third kappa shape index (κ3) is 2.23. The van der Waals surface area contributed by atoms with E-state index in [1.165, 1.54) is 0 Å². The van der Waals surface area contributed by atoms with E-state index >= 15 is 0 Å². The lowest BCUT2D eigenvalue weighted by Crippen LogP contribution is -2.66. The van der Waals surface area contributed by atoms with E-state index in [9.17, 15) is 14.7 Å². The van der Waals surface area contributed by atoms with Crippen LogP contribution in [0.15, 0.2) is 35.1 Å². The number of nitrogens with zero attached hydrogens (tertiary/aromatic N) is 1. The Kier molecular flexibility index (Phi) is 3.10. The van der Waals surface area contributed by atoms with Crippen LogP contribution in [0.2, 0.25) is 0 Å². The number of aromatic amines is 1. The maximum atomic E-state index is 12.4. The number of likely N-dealkylation sites (tertiary alicyclic amines) is 1. The maximum Gasteiger partial charge on any atom is 0.270 e. The highest BCUT2D eigenvalue weighted by Crippen LogP contribution is 2.29. The molecule has 0 unspecified atom stereocenters. The fourth-order valence-corrected chi connectivity index (χ4v) is 2.62. The first-order valence-corrected chi connectivity index (χ1v) is 7.04. The van der Waals surface area contributed by atoms with Crippen molar-refractivity contribution >= 4 is 16.7 Å². The van der Waals surface area contributed by atoms with Crippen molar-refractivity contribution in [2.45, 2.75) is 19.4 Å². The number of rotatable bonds is 2. The fraction of sp³-hybridized carbons (Fsp3) is 0.375. The summed E-state index contributed by atoms with van der Waals surface area (Å²) in [6.07, 6.45) is 0. The molecule has 5 heteroatoms. The summed E-state index contributed by atoms with van der Waals surface area (Å²) in [7, 11) is 0. The normalized spacial score (nSPS) is 17.0. The highest BCUT2D eigenvalue weighted by Gasteiger charge is 2.46. The molecule has 0 saturated carbocycles. The number of benzene rings is 1. The minimum Gasteiger partial charge on any atom is -0.386 e. The molecule has 0 radical (unpaired) electrons. The summed E-state index contributed by atoms with van der Waals surface area (Å²) < 4.78 is 0. The van der Waals surface area contributed by atoms with Crippen LogP contribution in [0.5, 0.6) is 0 Å². The van der Waals surface area contributed by atoms with Gasteiger partial charge in [-0.1, -0.05) is 32.0 Å². The van der Waals surface area contributed by atoms with E-state index < -0.39 is 5.60 Å². The first kappa shape index (κ1) is 13.8. The third-order valence-corrected chi connectivity index (χ3v) is 4.28. The van der Waals surface area contributed by atoms with Gasteiger partial charge in [0, 0.05) is 5.39 Å². The van der Waals surface area contributed by atoms with E-state index in [1.54, 1.807) is 23.1 Å². The van der Waals surface area contributed by atoms with E-state index in [1.807, 2.05) is 26.0 Å². The second-order valence-corrected chi connectivity index (χ2v) is 6.02. The fourth-order valence-electron chi connectivity index (χ4n) is 2.62. The van der Waals surface area contributed by atoms with Gasteiger partial charge in [-0.3, -0.25) is 9.59 Å². The van der Waals surface area contributed by atoms with Gasteiger partial charge in [0.2, 0.25) is 0 Å². The molecule has 1 fully saturated rings. The maximum absolute atomic E-state index is 12.4. The zero-order valence-corrected chi connectivity index (χ0v) is 12.1. The molecule has 2 N–H and O–H groups in total. The number of amides is 1. The Labute approximate surface area is 122 Å². The number of nitrogens with one attached hydrogen (secondary N) is 1. The van der Waals surface area contributed by atoms with Gasteiger partial charge < -0.3 is 15.0 Å². The number of hydrogen-bond acceptors (Lipinski definition) is 3. The highest BCUT2D eigenvalue weighted by atomic mass is 16.3. The lowest BCUT2D eigenvalue weighted by Gasteiger charge is -2.48. The number of aromatic nitrogens is 1. The Morgan fingerprint density at radius 2 is 2.00 bits per heavy atom. The van der Waals surface area contributed by atoms with Gasteiger partial charge in [0.05, 0.1) is 13.1 Å². The second kappa shape index (κ2) is 4.70. The van der Waals surface area contributed by atoms with E-state index in [-0.39, 0.29) is 23.1 Å². The summed E-state index contributed by atoms with van der Waals surface area (Å²) in [5.41, 5.74) is -0.812. The Balaban J connectivity index is 1.89. The molecule has 2 heterocycles. The number of β-amino-alcohol motifs (C(OH)–C–C–N with tert-alkyl or cyclic N) is 1. The van der Waals surface area contributed by atoms with Gasteiger partial charge in [-0.05, 0) is 23.4 Å². The Hall–Kier alpha value is -2.14. The number of carbonyl (C=O) groups excluding carboxylic acids is 1. The van der Waals surface area contributed by atoms with Crippen LogP contribution in [0.25, 0.3) is 10.8 Å². The molecule has 1 amide bonds. The lowest BCUT2D eigenvalue weighted by atomic mass is 9.83. The molecular formula is C16H18N2O3. The molecule has 5 nitrogen and oxygen atoms in total. The summed E-state index contributed by atoms with van der Waals surface area (Å²) in [5, 5.41) is 11.5. The third-order valence-electron chi connectivity index (χ3n) is 4.28. The highest BCUT2D eigenvalue weighted by molar-refractivity contribution is 5.96. The van der Waals surface area contributed by atoms with Crippen molar-refractivity contribution in [3.05, 3.63) is 46.4 Å². The predicted molar refractivity (Wildman–Crippen MR) is 80.3 cm³/mol. The van der Waals surface area contributed by atoms with Gasteiger partial charge in [0.25, 0.3) is 11.5 Å². The lowest BCUT2D eigenvalue weighted by molar-refractivity contribution is -0.111. The van der Waals surface area contributed by atoms with Crippen molar-refractivity contribution in [2.75, 3.05) is 13.1 Å². The molecule has 0 aliphatic carbocycles. The minimum absolute atomic E-state index is 0.0946. The summed E-state index contributed by atoms with van der Waals surface area (Å²) in [6, 6.07) is 8.84. The van der Waals surface area contributed by atoms with Crippen LogP contribution in [0.4, 0.5) is 0 Å². The molecule has 1 saturated heterocycles. The van der Waals surface area contributed by atoms with Crippen molar-refractivity contribution in [3.63, 3.8) is 0 Å². The molecule has 0 spiro atoms. The van der Waals surface area contributed by atoms with Gasteiger partial charge >= 0.3 is 0 Å². The molecule has 1 aromatic heterocycles. The molecule has 0 bridgehead atoms. The van der Waals surface area contributed by atoms with Crippen molar-refractivity contribution in [3.8, 4) is 0 Å². The quantitative estimate of drug-likeness (QED) is 0.875. The summed E-state index contributed by atoms with van der Waals surface area (Å²) in [4.78, 5) is 28.6. The van der Waals surface area contributed by atoms with Gasteiger partial charge in [-0.15, -0.1) is 0 Å². The van der Waals surface area contributed by atoms with E-state index in [4.69, 9.17) is 0 Å². The SMILES string of the molecule is CC(C)C1(O)CN(C(=O)c2cc3ccccc3c(=O)[nH]2)C1. The number of fused-ring (bicyclic) bond motifs is 1. The molecule has 1 aromatic carbocycles. The number of H-pyrrole nitrogens is 1. The molecule has 0 atom stereocenters. The molecule has 1 aliphatic rings. The average Bonchev–Trinajstić information content (AvgIpc) is 2.43. The van der Waals surface area contributed by atoms with Crippen LogP contribution in [-0.2, 0) is 0 Å². The number of carbonyl (C=O) groups is 1. The Morgan fingerprint density at radius 1 is 1.33 bits per heavy atom. The van der Waals surface area contributed by atoms with E-state index in [0.29, 0.717) is 18.5 Å². The standard InChI is InChI=1S/C16H18N2O3/c1-10(2)16(21)8-18(9-16)15(20)13-7-11-5-3-4-6-12(11)14(19)17-13/h3-7,10,21H,8-9H2,1-2H3,(H,17,19). The monoisotopic (exact) mass is 286 g/mol. The van der Waals surface area contributed by atoms with Crippen LogP contribution in [-0.4, -0.2) is 39.6 Å². The van der Waals surface area contributed by atoms with Crippen LogP contribution in [0, 0.1) is 5.92 Å². The van der Waals surface area contributed by atoms with Gasteiger partial charge in [-0.2, -0.15) is 0 Å². The Morgan fingerprint density at radius 3 is 2.67 bits per heavy atom. The molecule has 3 rings (SSSR count). The topological polar surface area (TPSA) is 73.4 Å². The summed E-state index contributed by atoms with van der Waals surface area (Å²) in [6.45, 7) is 4.47. The van der Waals surface area contributed by atoms with Crippen LogP contribution >= 0.6 is 0 Å². The van der Waals surface area contributed by atoms with Crippen LogP contribution in [0.1, 0.15) is 24.3 Å². The Bertz CT molecular complexity index is 757. The van der Waals surface area contributed by atoms with Crippen LogP contribution < -0.4 is 5.56 Å². The van der Waals surface area contributed by atoms with Crippen LogP contribution in [0.3, 0.4) is 0 Å².